The molecule has 0 radical (unpaired) electrons. The maximum atomic E-state index is 13.3. The molecule has 1 N–H and O–H groups in total. The molecular weight excluding hydrogens is 422 g/mol. The highest BCUT2D eigenvalue weighted by Crippen LogP contribution is 2.52. The van der Waals surface area contributed by atoms with E-state index >= 15 is 0 Å². The van der Waals surface area contributed by atoms with Crippen molar-refractivity contribution in [3.05, 3.63) is 59.7 Å². The third-order valence-electron chi connectivity index (χ3n) is 7.16. The van der Waals surface area contributed by atoms with Gasteiger partial charge in [0.2, 0.25) is 0 Å². The van der Waals surface area contributed by atoms with Crippen molar-refractivity contribution in [2.24, 2.45) is 11.8 Å². The average molecular weight is 452 g/mol. The molecule has 0 spiro atoms. The number of likely N-dealkylation sites (tertiary alicyclic amines) is 1. The van der Waals surface area contributed by atoms with Crippen molar-refractivity contribution in [3.8, 4) is 11.5 Å². The van der Waals surface area contributed by atoms with Crippen molar-refractivity contribution in [2.45, 2.75) is 44.5 Å². The topological polar surface area (TPSA) is 85.3 Å². The molecule has 0 unspecified atom stereocenters. The van der Waals surface area contributed by atoms with Crippen LogP contribution in [0, 0.1) is 11.8 Å². The molecule has 0 saturated carbocycles. The molecule has 3 aliphatic heterocycles. The van der Waals surface area contributed by atoms with Gasteiger partial charge in [-0.05, 0) is 44.9 Å². The molecule has 2 aromatic carbocycles. The van der Waals surface area contributed by atoms with Crippen LogP contribution >= 0.6 is 0 Å². The SMILES string of the molecule is CC1(C)Oc2ccccc2[C@H]2O[C@H]3CCN(C(=O)c4ccccc4OCC(=O)O)C[C@@H]3C[C@@H]21. The van der Waals surface area contributed by atoms with Gasteiger partial charge in [0.1, 0.15) is 17.1 Å². The van der Waals surface area contributed by atoms with E-state index in [1.807, 2.05) is 23.1 Å². The van der Waals surface area contributed by atoms with Crippen LogP contribution in [0.4, 0.5) is 0 Å². The molecule has 2 saturated heterocycles. The van der Waals surface area contributed by atoms with E-state index in [-0.39, 0.29) is 35.6 Å². The Kier molecular flexibility index (Phi) is 5.52. The lowest BCUT2D eigenvalue weighted by atomic mass is 9.70. The predicted octanol–water partition coefficient (Wildman–Crippen LogP) is 3.93. The van der Waals surface area contributed by atoms with E-state index in [0.29, 0.717) is 24.4 Å². The predicted molar refractivity (Wildman–Crippen MR) is 120 cm³/mol. The van der Waals surface area contributed by atoms with Crippen LogP contribution in [0.1, 0.15) is 48.7 Å². The first kappa shape index (κ1) is 21.8. The lowest BCUT2D eigenvalue weighted by Crippen LogP contribution is -2.56. The molecule has 2 fully saturated rings. The zero-order chi connectivity index (χ0) is 23.2. The number of benzene rings is 2. The minimum absolute atomic E-state index is 0.00130. The molecular formula is C26H29NO6. The van der Waals surface area contributed by atoms with Gasteiger partial charge in [0.25, 0.3) is 5.91 Å². The van der Waals surface area contributed by atoms with Crippen LogP contribution in [0.15, 0.2) is 48.5 Å². The number of ether oxygens (including phenoxy) is 3. The van der Waals surface area contributed by atoms with Gasteiger partial charge in [-0.3, -0.25) is 4.79 Å². The highest BCUT2D eigenvalue weighted by Gasteiger charge is 2.51. The maximum Gasteiger partial charge on any atom is 0.341 e. The molecule has 0 aromatic heterocycles. The number of amides is 1. The number of hydrogen-bond acceptors (Lipinski definition) is 5. The zero-order valence-electron chi connectivity index (χ0n) is 18.9. The van der Waals surface area contributed by atoms with Gasteiger partial charge in [-0.2, -0.15) is 0 Å². The summed E-state index contributed by atoms with van der Waals surface area (Å²) >= 11 is 0. The average Bonchev–Trinajstić information content (AvgIpc) is 2.81. The number of rotatable bonds is 4. The van der Waals surface area contributed by atoms with E-state index in [9.17, 15) is 9.59 Å². The smallest absolute Gasteiger partial charge is 0.341 e. The van der Waals surface area contributed by atoms with Gasteiger partial charge in [0.05, 0.1) is 17.8 Å². The molecule has 2 aromatic rings. The summed E-state index contributed by atoms with van der Waals surface area (Å²) in [6.45, 7) is 4.94. The lowest BCUT2D eigenvalue weighted by Gasteiger charge is -2.53. The molecule has 33 heavy (non-hydrogen) atoms. The minimum Gasteiger partial charge on any atom is -0.487 e. The molecule has 3 heterocycles. The van der Waals surface area contributed by atoms with Gasteiger partial charge in [-0.15, -0.1) is 0 Å². The molecule has 7 nitrogen and oxygen atoms in total. The molecule has 5 rings (SSSR count). The number of carboxylic acids is 1. The number of carbonyl (C=O) groups is 2. The quantitative estimate of drug-likeness (QED) is 0.758. The molecule has 1 amide bonds. The number of para-hydroxylation sites is 2. The molecule has 7 heteroatoms. The van der Waals surface area contributed by atoms with Crippen molar-refractivity contribution in [1.29, 1.82) is 0 Å². The molecule has 0 aliphatic carbocycles. The number of hydrogen-bond donors (Lipinski definition) is 1. The second-order valence-corrected chi connectivity index (χ2v) is 9.66. The number of fused-ring (bicyclic) bond motifs is 4. The summed E-state index contributed by atoms with van der Waals surface area (Å²) < 4.78 is 18.4. The van der Waals surface area contributed by atoms with Gasteiger partial charge < -0.3 is 24.2 Å². The Morgan fingerprint density at radius 3 is 2.73 bits per heavy atom. The fraction of sp³-hybridized carbons (Fsp3) is 0.462. The van der Waals surface area contributed by atoms with Crippen LogP contribution in [0.2, 0.25) is 0 Å². The van der Waals surface area contributed by atoms with Crippen LogP contribution in [-0.2, 0) is 9.53 Å². The summed E-state index contributed by atoms with van der Waals surface area (Å²) in [7, 11) is 0. The van der Waals surface area contributed by atoms with Crippen LogP contribution in [-0.4, -0.2) is 53.3 Å². The number of piperidine rings is 1. The largest absolute Gasteiger partial charge is 0.487 e. The van der Waals surface area contributed by atoms with E-state index in [4.69, 9.17) is 19.3 Å². The van der Waals surface area contributed by atoms with Gasteiger partial charge in [0.15, 0.2) is 6.61 Å². The normalized spacial score (nSPS) is 27.4. The minimum atomic E-state index is -1.08. The Balaban J connectivity index is 1.34. The Hall–Kier alpha value is -3.06. The van der Waals surface area contributed by atoms with E-state index in [1.165, 1.54) is 0 Å². The molecule has 3 aliphatic rings. The first-order chi connectivity index (χ1) is 15.8. The standard InChI is InChI=1S/C26H29NO6/c1-26(2)19-13-16-14-27(25(30)18-8-4-5-9-21(18)31-15-23(28)29)12-11-20(16)32-24(19)17-7-3-6-10-22(17)33-26/h3-10,16,19-20,24H,11-15H2,1-2H3,(H,28,29)/t16-,19-,20-,24+/m0/s1. The second-order valence-electron chi connectivity index (χ2n) is 9.66. The number of carbonyl (C=O) groups excluding carboxylic acids is 1. The Labute approximate surface area is 193 Å². The van der Waals surface area contributed by atoms with Crippen molar-refractivity contribution in [2.75, 3.05) is 19.7 Å². The summed E-state index contributed by atoms with van der Waals surface area (Å²) in [5, 5.41) is 8.94. The van der Waals surface area contributed by atoms with Crippen molar-refractivity contribution >= 4 is 11.9 Å². The highest BCUT2D eigenvalue weighted by molar-refractivity contribution is 5.97. The van der Waals surface area contributed by atoms with Gasteiger partial charge in [0, 0.05) is 30.5 Å². The second kappa shape index (κ2) is 8.37. The van der Waals surface area contributed by atoms with Crippen molar-refractivity contribution < 1.29 is 28.9 Å². The van der Waals surface area contributed by atoms with E-state index < -0.39 is 12.6 Å². The summed E-state index contributed by atoms with van der Waals surface area (Å²) in [4.78, 5) is 26.1. The Bertz CT molecular complexity index is 1070. The van der Waals surface area contributed by atoms with E-state index in [0.717, 1.165) is 24.2 Å². The lowest BCUT2D eigenvalue weighted by molar-refractivity contribution is -0.184. The van der Waals surface area contributed by atoms with Crippen molar-refractivity contribution in [1.82, 2.24) is 4.90 Å². The molecule has 174 valence electrons. The fourth-order valence-electron chi connectivity index (χ4n) is 5.52. The third kappa shape index (κ3) is 4.06. The van der Waals surface area contributed by atoms with Crippen LogP contribution < -0.4 is 9.47 Å². The number of carboxylic acid groups (broad SMARTS) is 1. The first-order valence-electron chi connectivity index (χ1n) is 11.5. The summed E-state index contributed by atoms with van der Waals surface area (Å²) in [6, 6.07) is 14.9. The van der Waals surface area contributed by atoms with E-state index in [1.54, 1.807) is 24.3 Å². The Morgan fingerprint density at radius 2 is 1.91 bits per heavy atom. The fourth-order valence-corrected chi connectivity index (χ4v) is 5.52. The monoisotopic (exact) mass is 451 g/mol. The summed E-state index contributed by atoms with van der Waals surface area (Å²) in [6.07, 6.45) is 1.77. The summed E-state index contributed by atoms with van der Waals surface area (Å²) in [5.41, 5.74) is 1.14. The maximum absolute atomic E-state index is 13.3. The van der Waals surface area contributed by atoms with Crippen LogP contribution in [0.5, 0.6) is 11.5 Å². The van der Waals surface area contributed by atoms with E-state index in [2.05, 4.69) is 19.9 Å². The number of nitrogens with zero attached hydrogens (tertiary/aromatic N) is 1. The zero-order valence-corrected chi connectivity index (χ0v) is 18.9. The number of aliphatic carboxylic acids is 1. The van der Waals surface area contributed by atoms with Crippen LogP contribution in [0.25, 0.3) is 0 Å². The van der Waals surface area contributed by atoms with Gasteiger partial charge in [-0.1, -0.05) is 30.3 Å². The van der Waals surface area contributed by atoms with Gasteiger partial charge >= 0.3 is 5.97 Å². The van der Waals surface area contributed by atoms with Crippen molar-refractivity contribution in [3.63, 3.8) is 0 Å². The molecule has 4 atom stereocenters. The third-order valence-corrected chi connectivity index (χ3v) is 7.16. The summed E-state index contributed by atoms with van der Waals surface area (Å²) in [5.74, 6) is 0.379. The molecule has 0 bridgehead atoms. The first-order valence-corrected chi connectivity index (χ1v) is 11.5. The van der Waals surface area contributed by atoms with Gasteiger partial charge in [-0.25, -0.2) is 4.79 Å². The highest BCUT2D eigenvalue weighted by atomic mass is 16.5. The Morgan fingerprint density at radius 1 is 1.15 bits per heavy atom. The van der Waals surface area contributed by atoms with Crippen LogP contribution in [0.3, 0.4) is 0 Å².